The van der Waals surface area contributed by atoms with Gasteiger partial charge in [0.15, 0.2) is 0 Å². The van der Waals surface area contributed by atoms with Gasteiger partial charge in [-0.15, -0.1) is 0 Å². The molecule has 3 atom stereocenters. The minimum absolute atomic E-state index is 0.110. The summed E-state index contributed by atoms with van der Waals surface area (Å²) in [5.74, 6) is 0. The van der Waals surface area contributed by atoms with Gasteiger partial charge < -0.3 is 15.2 Å². The molecule has 2 N–H and O–H groups in total. The maximum atomic E-state index is 9.68. The highest BCUT2D eigenvalue weighted by Gasteiger charge is 2.27. The topological polar surface area (TPSA) is 41.5 Å². The highest BCUT2D eigenvalue weighted by Crippen LogP contribution is 2.23. The lowest BCUT2D eigenvalue weighted by atomic mass is 9.94. The van der Waals surface area contributed by atoms with Crippen LogP contribution in [0.25, 0.3) is 0 Å². The molecule has 2 rings (SSSR count). The van der Waals surface area contributed by atoms with Crippen LogP contribution in [0.15, 0.2) is 0 Å². The lowest BCUT2D eigenvalue weighted by Crippen LogP contribution is -2.36. The van der Waals surface area contributed by atoms with E-state index in [2.05, 4.69) is 5.32 Å². The lowest BCUT2D eigenvalue weighted by Gasteiger charge is -2.29. The highest BCUT2D eigenvalue weighted by atomic mass is 16.5. The third-order valence-electron chi connectivity index (χ3n) is 3.05. The zero-order valence-electron chi connectivity index (χ0n) is 8.04. The summed E-state index contributed by atoms with van der Waals surface area (Å²) in [6, 6.07) is 0. The van der Waals surface area contributed by atoms with E-state index in [0.717, 1.165) is 38.8 Å². The summed E-state index contributed by atoms with van der Waals surface area (Å²) in [7, 11) is 0. The Kier molecular flexibility index (Phi) is 3.19. The van der Waals surface area contributed by atoms with E-state index in [4.69, 9.17) is 4.74 Å². The number of ether oxygens (including phenoxy) is 1. The minimum atomic E-state index is -0.214. The summed E-state index contributed by atoms with van der Waals surface area (Å²) in [6.45, 7) is 2.02. The molecule has 1 aliphatic carbocycles. The normalized spacial score (nSPS) is 40.8. The first-order chi connectivity index (χ1) is 6.36. The zero-order chi connectivity index (χ0) is 9.10. The van der Waals surface area contributed by atoms with Crippen LogP contribution in [-0.4, -0.2) is 36.5 Å². The van der Waals surface area contributed by atoms with Crippen LogP contribution in [0.1, 0.15) is 32.1 Å². The molecule has 0 radical (unpaired) electrons. The number of aliphatic hydroxyl groups excluding tert-OH is 1. The molecule has 76 valence electrons. The molecule has 1 aliphatic heterocycles. The molecule has 2 fully saturated rings. The molecular formula is C10H19NO2. The maximum absolute atomic E-state index is 9.68. The molecule has 3 nitrogen and oxygen atoms in total. The molecule has 1 saturated carbocycles. The predicted octanol–water partition coefficient (Wildman–Crippen LogP) is 0.668. The summed E-state index contributed by atoms with van der Waals surface area (Å²) in [4.78, 5) is 0. The Bertz CT molecular complexity index is 157. The van der Waals surface area contributed by atoms with Crippen molar-refractivity contribution in [1.82, 2.24) is 5.32 Å². The molecule has 0 amide bonds. The smallest absolute Gasteiger partial charge is 0.0838 e. The number of hydrogen-bond acceptors (Lipinski definition) is 3. The van der Waals surface area contributed by atoms with Gasteiger partial charge >= 0.3 is 0 Å². The number of nitrogens with one attached hydrogen (secondary N) is 1. The summed E-state index contributed by atoms with van der Waals surface area (Å²) >= 11 is 0. The second-order valence-electron chi connectivity index (χ2n) is 4.14. The fraction of sp³-hybridized carbons (Fsp3) is 1.00. The van der Waals surface area contributed by atoms with Crippen molar-refractivity contribution in [2.75, 3.05) is 13.1 Å². The lowest BCUT2D eigenvalue weighted by molar-refractivity contribution is -0.0875. The van der Waals surface area contributed by atoms with E-state index in [9.17, 15) is 5.11 Å². The Morgan fingerprint density at radius 3 is 2.69 bits per heavy atom. The van der Waals surface area contributed by atoms with Gasteiger partial charge in [-0.25, -0.2) is 0 Å². The summed E-state index contributed by atoms with van der Waals surface area (Å²) in [5, 5.41) is 13.0. The molecule has 0 aromatic rings. The van der Waals surface area contributed by atoms with Crippen molar-refractivity contribution >= 4 is 0 Å². The SMILES string of the molecule is OC1CCCCC1OC1CCNC1. The van der Waals surface area contributed by atoms with E-state index < -0.39 is 0 Å². The average Bonchev–Trinajstić information content (AvgIpc) is 2.61. The van der Waals surface area contributed by atoms with Crippen LogP contribution in [0.3, 0.4) is 0 Å². The van der Waals surface area contributed by atoms with Crippen molar-refractivity contribution in [2.24, 2.45) is 0 Å². The van der Waals surface area contributed by atoms with Crippen LogP contribution in [0.2, 0.25) is 0 Å². The first kappa shape index (κ1) is 9.44. The minimum Gasteiger partial charge on any atom is -0.390 e. The molecule has 0 aromatic carbocycles. The molecule has 3 heteroatoms. The van der Waals surface area contributed by atoms with Crippen molar-refractivity contribution in [2.45, 2.75) is 50.4 Å². The Balaban J connectivity index is 1.78. The van der Waals surface area contributed by atoms with Crippen LogP contribution in [-0.2, 0) is 4.74 Å². The third kappa shape index (κ3) is 2.42. The first-order valence-corrected chi connectivity index (χ1v) is 5.40. The molecule has 13 heavy (non-hydrogen) atoms. The van der Waals surface area contributed by atoms with Crippen molar-refractivity contribution < 1.29 is 9.84 Å². The quantitative estimate of drug-likeness (QED) is 0.664. The van der Waals surface area contributed by atoms with E-state index in [-0.39, 0.29) is 12.2 Å². The summed E-state index contributed by atoms with van der Waals surface area (Å²) < 4.78 is 5.85. The van der Waals surface area contributed by atoms with Gasteiger partial charge in [0.05, 0.1) is 18.3 Å². The van der Waals surface area contributed by atoms with Crippen LogP contribution < -0.4 is 5.32 Å². The van der Waals surface area contributed by atoms with Crippen molar-refractivity contribution in [3.8, 4) is 0 Å². The van der Waals surface area contributed by atoms with Crippen LogP contribution in [0.5, 0.6) is 0 Å². The Morgan fingerprint density at radius 1 is 1.15 bits per heavy atom. The van der Waals surface area contributed by atoms with Crippen molar-refractivity contribution in [3.63, 3.8) is 0 Å². The van der Waals surface area contributed by atoms with Gasteiger partial charge in [-0.05, 0) is 25.8 Å². The molecule has 0 aromatic heterocycles. The predicted molar refractivity (Wildman–Crippen MR) is 50.6 cm³/mol. The molecule has 0 spiro atoms. The molecule has 1 heterocycles. The second kappa shape index (κ2) is 4.40. The van der Waals surface area contributed by atoms with Gasteiger partial charge in [-0.1, -0.05) is 12.8 Å². The fourth-order valence-electron chi connectivity index (χ4n) is 2.23. The van der Waals surface area contributed by atoms with Gasteiger partial charge in [0.1, 0.15) is 0 Å². The third-order valence-corrected chi connectivity index (χ3v) is 3.05. The van der Waals surface area contributed by atoms with Gasteiger partial charge in [-0.3, -0.25) is 0 Å². The summed E-state index contributed by atoms with van der Waals surface area (Å²) in [6.07, 6.45) is 5.67. The van der Waals surface area contributed by atoms with Crippen LogP contribution in [0, 0.1) is 0 Å². The van der Waals surface area contributed by atoms with Crippen LogP contribution >= 0.6 is 0 Å². The fourth-order valence-corrected chi connectivity index (χ4v) is 2.23. The number of rotatable bonds is 2. The van der Waals surface area contributed by atoms with Gasteiger partial charge in [0.2, 0.25) is 0 Å². The molecule has 3 unspecified atom stereocenters. The largest absolute Gasteiger partial charge is 0.390 e. The highest BCUT2D eigenvalue weighted by molar-refractivity contribution is 4.79. The average molecular weight is 185 g/mol. The van der Waals surface area contributed by atoms with Gasteiger partial charge in [0.25, 0.3) is 0 Å². The Hall–Kier alpha value is -0.120. The first-order valence-electron chi connectivity index (χ1n) is 5.40. The molecule has 0 bridgehead atoms. The number of aliphatic hydroxyl groups is 1. The second-order valence-corrected chi connectivity index (χ2v) is 4.14. The van der Waals surface area contributed by atoms with E-state index in [1.165, 1.54) is 6.42 Å². The Morgan fingerprint density at radius 2 is 2.00 bits per heavy atom. The van der Waals surface area contributed by atoms with Crippen molar-refractivity contribution in [3.05, 3.63) is 0 Å². The monoisotopic (exact) mass is 185 g/mol. The number of hydrogen-bond donors (Lipinski definition) is 2. The zero-order valence-corrected chi connectivity index (χ0v) is 8.04. The van der Waals surface area contributed by atoms with E-state index in [1.54, 1.807) is 0 Å². The summed E-state index contributed by atoms with van der Waals surface area (Å²) in [5.41, 5.74) is 0. The molecular weight excluding hydrogens is 166 g/mol. The van der Waals surface area contributed by atoms with Crippen LogP contribution in [0.4, 0.5) is 0 Å². The van der Waals surface area contributed by atoms with Crippen molar-refractivity contribution in [1.29, 1.82) is 0 Å². The van der Waals surface area contributed by atoms with E-state index in [0.29, 0.717) is 6.10 Å². The van der Waals surface area contributed by atoms with E-state index in [1.807, 2.05) is 0 Å². The molecule has 2 aliphatic rings. The Labute approximate surface area is 79.5 Å². The van der Waals surface area contributed by atoms with Gasteiger partial charge in [0, 0.05) is 6.54 Å². The molecule has 1 saturated heterocycles. The van der Waals surface area contributed by atoms with Gasteiger partial charge in [-0.2, -0.15) is 0 Å². The standard InChI is InChI=1S/C10H19NO2/c12-9-3-1-2-4-10(9)13-8-5-6-11-7-8/h8-12H,1-7H2. The van der Waals surface area contributed by atoms with E-state index >= 15 is 0 Å². The maximum Gasteiger partial charge on any atom is 0.0838 e.